The molecule has 3 aliphatic heterocycles. The molecule has 0 saturated carbocycles. The third kappa shape index (κ3) is 3.34. The zero-order chi connectivity index (χ0) is 30.6. The second kappa shape index (κ2) is 9.34. The highest BCUT2D eigenvalue weighted by Gasteiger charge is 2.84. The molecule has 222 valence electrons. The highest BCUT2D eigenvalue weighted by molar-refractivity contribution is 6.09. The van der Waals surface area contributed by atoms with Gasteiger partial charge >= 0.3 is 0 Å². The number of fused-ring (bicyclic) bond motifs is 3. The van der Waals surface area contributed by atoms with Gasteiger partial charge in [-0.3, -0.25) is 15.0 Å². The topological polar surface area (TPSA) is 52.6 Å². The maximum Gasteiger partial charge on any atom is 0.170 e. The van der Waals surface area contributed by atoms with Gasteiger partial charge in [-0.25, -0.2) is 0 Å². The normalized spacial score (nSPS) is 31.8. The molecule has 6 atom stereocenters. The standard InChI is InChI=1S/C41H36N2O2/c1-26-10-6-14-29(20-26)22-32-24-43-25-39(38(32)44)37(31-17-7-11-27(2)21-31)35(23-28-12-4-3-5-13-28)42-40(39)33-18-8-15-30-16-9-19-34(36(30)33)41(40,43)45/h3-22,35,37,42,45H,23-25H2,1-2H3/b32-22+/t35-,37-,39-,40+,41+/m0/s1. The summed E-state index contributed by atoms with van der Waals surface area (Å²) in [6, 6.07) is 40.1. The van der Waals surface area contributed by atoms with Crippen molar-refractivity contribution in [3.05, 3.63) is 160 Å². The molecular formula is C41H36N2O2. The number of hydrogen-bond acceptors (Lipinski definition) is 4. The largest absolute Gasteiger partial charge is 0.369 e. The van der Waals surface area contributed by atoms with Crippen LogP contribution in [0.5, 0.6) is 0 Å². The Bertz CT molecular complexity index is 2060. The number of carbonyl (C=O) groups excluding carboxylic acids is 1. The smallest absolute Gasteiger partial charge is 0.170 e. The third-order valence-corrected chi connectivity index (χ3v) is 11.3. The Balaban J connectivity index is 1.36. The summed E-state index contributed by atoms with van der Waals surface area (Å²) in [4.78, 5) is 17.9. The van der Waals surface area contributed by atoms with E-state index in [0.717, 1.165) is 50.6 Å². The summed E-state index contributed by atoms with van der Waals surface area (Å²) in [5, 5.41) is 19.8. The molecule has 0 amide bonds. The number of carbonyl (C=O) groups is 1. The highest BCUT2D eigenvalue weighted by Crippen LogP contribution is 2.74. The van der Waals surface area contributed by atoms with Crippen molar-refractivity contribution >= 4 is 22.6 Å². The van der Waals surface area contributed by atoms with Crippen LogP contribution >= 0.6 is 0 Å². The van der Waals surface area contributed by atoms with Crippen LogP contribution in [0.25, 0.3) is 16.8 Å². The number of aryl methyl sites for hydroxylation is 2. The first kappa shape index (κ1) is 27.0. The first-order valence-corrected chi connectivity index (χ1v) is 16.1. The minimum atomic E-state index is -1.40. The number of benzene rings is 5. The van der Waals surface area contributed by atoms with Crippen molar-refractivity contribution in [3.8, 4) is 0 Å². The van der Waals surface area contributed by atoms with Crippen LogP contribution < -0.4 is 5.32 Å². The molecule has 45 heavy (non-hydrogen) atoms. The second-order valence-corrected chi connectivity index (χ2v) is 13.7. The molecule has 2 bridgehead atoms. The molecule has 1 unspecified atom stereocenters. The molecule has 5 aromatic rings. The van der Waals surface area contributed by atoms with Crippen molar-refractivity contribution in [3.63, 3.8) is 0 Å². The summed E-state index contributed by atoms with van der Waals surface area (Å²) in [7, 11) is 0. The van der Waals surface area contributed by atoms with Crippen molar-refractivity contribution in [1.29, 1.82) is 0 Å². The average molecular weight is 589 g/mol. The van der Waals surface area contributed by atoms with Crippen LogP contribution in [-0.4, -0.2) is 34.9 Å². The van der Waals surface area contributed by atoms with Gasteiger partial charge in [-0.1, -0.05) is 126 Å². The van der Waals surface area contributed by atoms with Gasteiger partial charge in [0.1, 0.15) is 5.54 Å². The quantitative estimate of drug-likeness (QED) is 0.228. The lowest BCUT2D eigenvalue weighted by Crippen LogP contribution is -2.60. The lowest BCUT2D eigenvalue weighted by molar-refractivity contribution is -0.139. The number of piperidine rings is 1. The number of hydrogen-bond donors (Lipinski definition) is 2. The molecule has 3 fully saturated rings. The summed E-state index contributed by atoms with van der Waals surface area (Å²) in [6.45, 7) is 5.08. The molecule has 4 heteroatoms. The summed E-state index contributed by atoms with van der Waals surface area (Å²) in [6.07, 6.45) is 2.82. The number of nitrogens with one attached hydrogen (secondary N) is 1. The fourth-order valence-electron chi connectivity index (χ4n) is 9.78. The third-order valence-electron chi connectivity index (χ3n) is 11.3. The van der Waals surface area contributed by atoms with Crippen LogP contribution in [-0.2, 0) is 22.5 Å². The summed E-state index contributed by atoms with van der Waals surface area (Å²) in [5.74, 6) is -0.0250. The Morgan fingerprint density at radius 3 is 2.31 bits per heavy atom. The van der Waals surface area contributed by atoms with Gasteiger partial charge in [-0.05, 0) is 59.4 Å². The number of ketones is 1. The van der Waals surface area contributed by atoms with Crippen molar-refractivity contribution in [1.82, 2.24) is 10.2 Å². The Morgan fingerprint density at radius 1 is 0.844 bits per heavy atom. The first-order chi connectivity index (χ1) is 21.9. The maximum atomic E-state index is 15.6. The molecule has 2 spiro atoms. The van der Waals surface area contributed by atoms with E-state index in [9.17, 15) is 5.11 Å². The molecule has 1 aliphatic carbocycles. The number of Topliss-reactive ketones (excluding diaryl/α,β-unsaturated/α-hetero) is 1. The van der Waals surface area contributed by atoms with Crippen molar-refractivity contribution in [2.24, 2.45) is 5.41 Å². The maximum absolute atomic E-state index is 15.6. The van der Waals surface area contributed by atoms with E-state index >= 15 is 4.79 Å². The SMILES string of the molecule is Cc1cccc(/C=C2\CN3C[C@@]4(C2=O)[C@@H](c2cccc(C)c2)[C@H](Cc2ccccc2)N[C@]42c4cccc5cccc(c45)[C@]32O)c1. The summed E-state index contributed by atoms with van der Waals surface area (Å²) in [5.41, 5.74) is 5.04. The molecule has 0 aromatic heterocycles. The molecule has 4 nitrogen and oxygen atoms in total. The zero-order valence-electron chi connectivity index (χ0n) is 25.6. The Kier molecular flexibility index (Phi) is 5.60. The van der Waals surface area contributed by atoms with Gasteiger partial charge in [-0.15, -0.1) is 0 Å². The number of aliphatic hydroxyl groups is 1. The van der Waals surface area contributed by atoms with E-state index in [2.05, 4.69) is 127 Å². The fourth-order valence-corrected chi connectivity index (χ4v) is 9.78. The van der Waals surface area contributed by atoms with Gasteiger partial charge < -0.3 is 5.11 Å². The summed E-state index contributed by atoms with van der Waals surface area (Å²) < 4.78 is 0. The molecule has 4 aliphatic rings. The average Bonchev–Trinajstić information content (AvgIpc) is 3.52. The van der Waals surface area contributed by atoms with Gasteiger partial charge in [0.05, 0.1) is 5.41 Å². The monoisotopic (exact) mass is 588 g/mol. The van der Waals surface area contributed by atoms with Crippen LogP contribution in [0.4, 0.5) is 0 Å². The van der Waals surface area contributed by atoms with E-state index in [1.165, 1.54) is 11.1 Å². The van der Waals surface area contributed by atoms with E-state index in [1.807, 2.05) is 18.2 Å². The van der Waals surface area contributed by atoms with E-state index in [-0.39, 0.29) is 17.7 Å². The van der Waals surface area contributed by atoms with Gasteiger partial charge in [0.2, 0.25) is 0 Å². The lowest BCUT2D eigenvalue weighted by atomic mass is 9.57. The Hall–Kier alpha value is -4.35. The lowest BCUT2D eigenvalue weighted by Gasteiger charge is -2.44. The predicted molar refractivity (Wildman–Crippen MR) is 179 cm³/mol. The van der Waals surface area contributed by atoms with E-state index in [4.69, 9.17) is 0 Å². The van der Waals surface area contributed by atoms with E-state index < -0.39 is 16.7 Å². The van der Waals surface area contributed by atoms with Crippen LogP contribution in [0.15, 0.2) is 121 Å². The fraction of sp³-hybridized carbons (Fsp3) is 0.244. The van der Waals surface area contributed by atoms with E-state index in [0.29, 0.717) is 13.1 Å². The molecule has 5 aromatic carbocycles. The van der Waals surface area contributed by atoms with Gasteiger partial charge in [0.15, 0.2) is 11.5 Å². The van der Waals surface area contributed by atoms with Gasteiger partial charge in [-0.2, -0.15) is 0 Å². The first-order valence-electron chi connectivity index (χ1n) is 16.1. The number of nitrogens with zero attached hydrogens (tertiary/aromatic N) is 1. The second-order valence-electron chi connectivity index (χ2n) is 13.7. The molecule has 9 rings (SSSR count). The molecular weight excluding hydrogens is 552 g/mol. The van der Waals surface area contributed by atoms with Crippen LogP contribution in [0.1, 0.15) is 44.9 Å². The minimum absolute atomic E-state index is 0.0882. The Morgan fingerprint density at radius 2 is 1.56 bits per heavy atom. The van der Waals surface area contributed by atoms with Crippen LogP contribution in [0, 0.1) is 19.3 Å². The molecule has 2 N–H and O–H groups in total. The summed E-state index contributed by atoms with van der Waals surface area (Å²) >= 11 is 0. The number of rotatable bonds is 4. The van der Waals surface area contributed by atoms with Crippen molar-refractivity contribution in [2.45, 2.75) is 43.5 Å². The molecule has 3 heterocycles. The van der Waals surface area contributed by atoms with Crippen molar-refractivity contribution < 1.29 is 9.90 Å². The van der Waals surface area contributed by atoms with E-state index in [1.54, 1.807) is 0 Å². The Labute approximate surface area is 264 Å². The molecule has 3 saturated heterocycles. The van der Waals surface area contributed by atoms with Crippen LogP contribution in [0.3, 0.4) is 0 Å². The molecule has 0 radical (unpaired) electrons. The highest BCUT2D eigenvalue weighted by atomic mass is 16.3. The van der Waals surface area contributed by atoms with Crippen molar-refractivity contribution in [2.75, 3.05) is 13.1 Å². The van der Waals surface area contributed by atoms with Gasteiger partial charge in [0.25, 0.3) is 0 Å². The zero-order valence-corrected chi connectivity index (χ0v) is 25.6. The van der Waals surface area contributed by atoms with Crippen LogP contribution in [0.2, 0.25) is 0 Å². The van der Waals surface area contributed by atoms with Gasteiger partial charge in [0, 0.05) is 36.2 Å². The minimum Gasteiger partial charge on any atom is -0.369 e. The predicted octanol–water partition coefficient (Wildman–Crippen LogP) is 6.78.